The quantitative estimate of drug-likeness (QED) is 0.805. The molecule has 0 spiro atoms. The van der Waals surface area contributed by atoms with Gasteiger partial charge in [0.2, 0.25) is 5.91 Å². The first-order valence-electron chi connectivity index (χ1n) is 5.80. The van der Waals surface area contributed by atoms with E-state index < -0.39 is 0 Å². The molecule has 0 saturated carbocycles. The van der Waals surface area contributed by atoms with Crippen molar-refractivity contribution in [3.8, 4) is 0 Å². The lowest BCUT2D eigenvalue weighted by Crippen LogP contribution is -2.31. The third-order valence-corrected chi connectivity index (χ3v) is 3.47. The van der Waals surface area contributed by atoms with Crippen LogP contribution in [0.25, 0.3) is 0 Å². The first kappa shape index (κ1) is 14.0. The van der Waals surface area contributed by atoms with Crippen LogP contribution in [0.1, 0.15) is 26.0 Å². The van der Waals surface area contributed by atoms with Crippen LogP contribution >= 0.6 is 11.3 Å². The zero-order valence-corrected chi connectivity index (χ0v) is 11.7. The van der Waals surface area contributed by atoms with Gasteiger partial charge in [-0.2, -0.15) is 0 Å². The molecule has 4 nitrogen and oxygen atoms in total. The summed E-state index contributed by atoms with van der Waals surface area (Å²) in [4.78, 5) is 25.0. The number of carbonyl (C=O) groups is 1. The highest BCUT2D eigenvalue weighted by molar-refractivity contribution is 7.07. The summed E-state index contributed by atoms with van der Waals surface area (Å²) in [5.74, 6) is 0.561. The van der Waals surface area contributed by atoms with E-state index in [4.69, 9.17) is 0 Å². The number of aryl methyl sites for hydroxylation is 1. The first-order valence-corrected chi connectivity index (χ1v) is 6.68. The molecule has 96 valence electrons. The van der Waals surface area contributed by atoms with Gasteiger partial charge in [0, 0.05) is 37.6 Å². The Morgan fingerprint density at radius 1 is 1.53 bits per heavy atom. The van der Waals surface area contributed by atoms with Crippen LogP contribution in [0.3, 0.4) is 0 Å². The number of aromatic nitrogens is 1. The van der Waals surface area contributed by atoms with E-state index in [1.807, 2.05) is 19.4 Å². The Hall–Kier alpha value is -1.10. The van der Waals surface area contributed by atoms with Gasteiger partial charge < -0.3 is 9.47 Å². The van der Waals surface area contributed by atoms with Gasteiger partial charge in [-0.15, -0.1) is 0 Å². The molecule has 1 amide bonds. The molecule has 0 saturated heterocycles. The van der Waals surface area contributed by atoms with Gasteiger partial charge in [0.25, 0.3) is 0 Å². The van der Waals surface area contributed by atoms with Gasteiger partial charge in [-0.05, 0) is 12.8 Å². The average Bonchev–Trinajstić information content (AvgIpc) is 2.54. The van der Waals surface area contributed by atoms with Gasteiger partial charge in [-0.3, -0.25) is 9.59 Å². The lowest BCUT2D eigenvalue weighted by Gasteiger charge is -2.19. The number of hydrogen-bond acceptors (Lipinski definition) is 3. The fourth-order valence-corrected chi connectivity index (χ4v) is 2.48. The van der Waals surface area contributed by atoms with Gasteiger partial charge in [0.15, 0.2) is 0 Å². The molecule has 1 aromatic rings. The Morgan fingerprint density at radius 2 is 2.18 bits per heavy atom. The fourth-order valence-electron chi connectivity index (χ4n) is 1.72. The fraction of sp³-hybridized carbons (Fsp3) is 0.667. The molecule has 1 aromatic heterocycles. The lowest BCUT2D eigenvalue weighted by atomic mass is 10.2. The maximum Gasteiger partial charge on any atom is 0.307 e. The summed E-state index contributed by atoms with van der Waals surface area (Å²) in [6.07, 6.45) is 0.390. The maximum absolute atomic E-state index is 11.8. The molecule has 1 rings (SSSR count). The summed E-state index contributed by atoms with van der Waals surface area (Å²) in [6, 6.07) is 0. The molecule has 0 bridgehead atoms. The average molecular weight is 256 g/mol. The van der Waals surface area contributed by atoms with Crippen LogP contribution in [-0.2, 0) is 11.3 Å². The van der Waals surface area contributed by atoms with Gasteiger partial charge >= 0.3 is 4.87 Å². The van der Waals surface area contributed by atoms with E-state index in [2.05, 4.69) is 13.8 Å². The molecule has 0 aliphatic rings. The molecule has 0 aliphatic heterocycles. The van der Waals surface area contributed by atoms with Crippen LogP contribution < -0.4 is 4.87 Å². The number of rotatable bonds is 5. The zero-order chi connectivity index (χ0) is 13.0. The van der Waals surface area contributed by atoms with Crippen molar-refractivity contribution in [2.75, 3.05) is 13.6 Å². The molecule has 0 radical (unpaired) electrons. The molecule has 17 heavy (non-hydrogen) atoms. The molecular formula is C12H20N2O2S. The highest BCUT2D eigenvalue weighted by Crippen LogP contribution is 2.03. The maximum atomic E-state index is 11.8. The topological polar surface area (TPSA) is 42.3 Å². The second-order valence-electron chi connectivity index (χ2n) is 4.71. The number of thiazole rings is 1. The van der Waals surface area contributed by atoms with Crippen molar-refractivity contribution in [3.05, 3.63) is 20.7 Å². The number of nitrogens with zero attached hydrogens (tertiary/aromatic N) is 2. The standard InChI is InChI=1S/C12H20N2O2S/c1-9(2)7-13(4)11(15)5-6-14-10(3)8-17-12(14)16/h8-9H,5-7H2,1-4H3. The summed E-state index contributed by atoms with van der Waals surface area (Å²) in [6.45, 7) is 7.29. The Labute approximate surface area is 106 Å². The Kier molecular flexibility index (Phi) is 4.93. The van der Waals surface area contributed by atoms with Crippen LogP contribution in [0, 0.1) is 12.8 Å². The Morgan fingerprint density at radius 3 is 2.65 bits per heavy atom. The van der Waals surface area contributed by atoms with Crippen LogP contribution in [0.4, 0.5) is 0 Å². The monoisotopic (exact) mass is 256 g/mol. The van der Waals surface area contributed by atoms with Crippen molar-refractivity contribution >= 4 is 17.2 Å². The lowest BCUT2D eigenvalue weighted by molar-refractivity contribution is -0.130. The highest BCUT2D eigenvalue weighted by Gasteiger charge is 2.11. The summed E-state index contributed by atoms with van der Waals surface area (Å²) in [7, 11) is 1.81. The molecule has 0 unspecified atom stereocenters. The molecule has 0 atom stereocenters. The van der Waals surface area contributed by atoms with Gasteiger partial charge in [-0.25, -0.2) is 0 Å². The summed E-state index contributed by atoms with van der Waals surface area (Å²) >= 11 is 1.18. The SMILES string of the molecule is Cc1csc(=O)n1CCC(=O)N(C)CC(C)C. The van der Waals surface area contributed by atoms with Crippen molar-refractivity contribution in [3.63, 3.8) is 0 Å². The molecule has 1 heterocycles. The minimum absolute atomic E-state index is 0.0156. The third kappa shape index (κ3) is 4.00. The third-order valence-electron chi connectivity index (χ3n) is 2.59. The van der Waals surface area contributed by atoms with E-state index in [9.17, 15) is 9.59 Å². The second kappa shape index (κ2) is 6.00. The van der Waals surface area contributed by atoms with Crippen LogP contribution in [0.5, 0.6) is 0 Å². The van der Waals surface area contributed by atoms with E-state index in [0.717, 1.165) is 12.2 Å². The summed E-state index contributed by atoms with van der Waals surface area (Å²) in [5, 5.41) is 1.82. The van der Waals surface area contributed by atoms with E-state index in [1.54, 1.807) is 9.47 Å². The van der Waals surface area contributed by atoms with Crippen LogP contribution in [-0.4, -0.2) is 29.0 Å². The molecule has 0 aliphatic carbocycles. The van der Waals surface area contributed by atoms with Crippen molar-refractivity contribution in [1.29, 1.82) is 0 Å². The number of amides is 1. The smallest absolute Gasteiger partial charge is 0.307 e. The molecule has 5 heteroatoms. The van der Waals surface area contributed by atoms with Crippen LogP contribution in [0.15, 0.2) is 10.2 Å². The first-order chi connectivity index (χ1) is 7.91. The van der Waals surface area contributed by atoms with E-state index in [-0.39, 0.29) is 10.8 Å². The van der Waals surface area contributed by atoms with E-state index in [0.29, 0.717) is 18.9 Å². The van der Waals surface area contributed by atoms with Crippen molar-refractivity contribution in [1.82, 2.24) is 9.47 Å². The Balaban J connectivity index is 2.51. The van der Waals surface area contributed by atoms with E-state index in [1.165, 1.54) is 11.3 Å². The molecular weight excluding hydrogens is 236 g/mol. The van der Waals surface area contributed by atoms with Gasteiger partial charge in [-0.1, -0.05) is 25.2 Å². The predicted octanol–water partition coefficient (Wildman–Crippen LogP) is 1.72. The normalized spacial score (nSPS) is 10.9. The van der Waals surface area contributed by atoms with Gasteiger partial charge in [0.05, 0.1) is 0 Å². The molecule has 0 N–H and O–H groups in total. The molecule has 0 aromatic carbocycles. The largest absolute Gasteiger partial charge is 0.345 e. The minimum atomic E-state index is 0.0156. The predicted molar refractivity (Wildman–Crippen MR) is 70.4 cm³/mol. The molecule has 0 fully saturated rings. The van der Waals surface area contributed by atoms with E-state index >= 15 is 0 Å². The highest BCUT2D eigenvalue weighted by atomic mass is 32.1. The van der Waals surface area contributed by atoms with Gasteiger partial charge in [0.1, 0.15) is 0 Å². The minimum Gasteiger partial charge on any atom is -0.345 e. The summed E-state index contributed by atoms with van der Waals surface area (Å²) in [5.41, 5.74) is 0.930. The summed E-state index contributed by atoms with van der Waals surface area (Å²) < 4.78 is 1.66. The number of hydrogen-bond donors (Lipinski definition) is 0. The van der Waals surface area contributed by atoms with Crippen molar-refractivity contribution in [2.45, 2.75) is 33.7 Å². The Bertz CT molecular complexity index is 434. The van der Waals surface area contributed by atoms with Crippen molar-refractivity contribution < 1.29 is 4.79 Å². The van der Waals surface area contributed by atoms with Crippen LogP contribution in [0.2, 0.25) is 0 Å². The van der Waals surface area contributed by atoms with Crippen molar-refractivity contribution in [2.24, 2.45) is 5.92 Å². The zero-order valence-electron chi connectivity index (χ0n) is 10.9. The number of carbonyl (C=O) groups excluding carboxylic acids is 1. The second-order valence-corrected chi connectivity index (χ2v) is 5.53.